The number of nitrogens with one attached hydrogen (secondary N) is 1. The van der Waals surface area contributed by atoms with Gasteiger partial charge in [-0.25, -0.2) is 0 Å². The Kier molecular flexibility index (Phi) is 8.43. The van der Waals surface area contributed by atoms with Crippen LogP contribution >= 0.6 is 0 Å². The molecule has 33 heavy (non-hydrogen) atoms. The Morgan fingerprint density at radius 3 is 1.88 bits per heavy atom. The fourth-order valence-corrected chi connectivity index (χ4v) is 3.93. The van der Waals surface area contributed by atoms with Crippen LogP contribution in [0.4, 0.5) is 0 Å². The summed E-state index contributed by atoms with van der Waals surface area (Å²) in [7, 11) is 0. The molecule has 0 saturated carbocycles. The summed E-state index contributed by atoms with van der Waals surface area (Å²) in [6.45, 7) is 14.9. The van der Waals surface area contributed by atoms with E-state index in [1.807, 2.05) is 30.3 Å². The van der Waals surface area contributed by atoms with Crippen molar-refractivity contribution in [3.05, 3.63) is 144 Å². The molecule has 1 heteroatoms. The van der Waals surface area contributed by atoms with Crippen molar-refractivity contribution in [2.45, 2.75) is 27.2 Å². The lowest BCUT2D eigenvalue weighted by molar-refractivity contribution is 0.978. The highest BCUT2D eigenvalue weighted by Gasteiger charge is 2.13. The second-order valence-electron chi connectivity index (χ2n) is 8.01. The largest absolute Gasteiger partial charge is 0.362 e. The molecule has 0 aliphatic rings. The van der Waals surface area contributed by atoms with E-state index in [1.165, 1.54) is 5.56 Å². The van der Waals surface area contributed by atoms with E-state index in [2.05, 4.69) is 112 Å². The van der Waals surface area contributed by atoms with Gasteiger partial charge in [0.2, 0.25) is 0 Å². The molecule has 0 fully saturated rings. The van der Waals surface area contributed by atoms with Crippen molar-refractivity contribution in [3.8, 4) is 0 Å². The van der Waals surface area contributed by atoms with Gasteiger partial charge in [-0.1, -0.05) is 123 Å². The molecule has 3 aromatic rings. The van der Waals surface area contributed by atoms with Crippen LogP contribution in [0.15, 0.2) is 122 Å². The molecule has 0 aliphatic heterocycles. The van der Waals surface area contributed by atoms with Crippen LogP contribution in [0.3, 0.4) is 0 Å². The minimum atomic E-state index is 0.992. The zero-order valence-electron chi connectivity index (χ0n) is 19.9. The molecular weight excluding hydrogens is 398 g/mol. The maximum absolute atomic E-state index is 4.45. The summed E-state index contributed by atoms with van der Waals surface area (Å²) in [5.74, 6) is 0. The van der Waals surface area contributed by atoms with Crippen LogP contribution < -0.4 is 5.32 Å². The van der Waals surface area contributed by atoms with Crippen LogP contribution in [0.1, 0.15) is 49.4 Å². The number of hydrogen-bond acceptors (Lipinski definition) is 1. The van der Waals surface area contributed by atoms with Gasteiger partial charge in [-0.3, -0.25) is 0 Å². The summed E-state index contributed by atoms with van der Waals surface area (Å²) in [6.07, 6.45) is 7.28. The molecule has 0 amide bonds. The van der Waals surface area contributed by atoms with Crippen molar-refractivity contribution in [2.75, 3.05) is 0 Å². The van der Waals surface area contributed by atoms with Crippen LogP contribution in [0.5, 0.6) is 0 Å². The highest BCUT2D eigenvalue weighted by molar-refractivity contribution is 6.05. The predicted octanol–water partition coefficient (Wildman–Crippen LogP) is 8.76. The SMILES string of the molecule is C=C/C(=C(/C)N/C(C)=C(/C(=C)c1ccccc1)c1ccccc1)c1ccc(/C=C\CC)cc1. The Morgan fingerprint density at radius 2 is 1.33 bits per heavy atom. The first-order valence-corrected chi connectivity index (χ1v) is 11.4. The van der Waals surface area contributed by atoms with Crippen LogP contribution in [0.25, 0.3) is 22.8 Å². The fraction of sp³-hybridized carbons (Fsp3) is 0.125. The average Bonchev–Trinajstić information content (AvgIpc) is 2.85. The molecule has 0 radical (unpaired) electrons. The molecular formula is C32H33N. The van der Waals surface area contributed by atoms with Crippen molar-refractivity contribution in [3.63, 3.8) is 0 Å². The standard InChI is InChI=1S/C32H33N/c1-6-8-15-27-20-22-29(23-21-27)31(7-2)25(4)33-26(5)32(30-18-13-10-14-19-30)24(3)28-16-11-9-12-17-28/h7-23,33H,2-3,6H2,1,4-5H3/b15-8-,31-25+,32-26-. The molecule has 0 saturated heterocycles. The Bertz CT molecular complexity index is 1170. The van der Waals surface area contributed by atoms with Crippen molar-refractivity contribution in [1.29, 1.82) is 0 Å². The molecule has 0 heterocycles. The number of rotatable bonds is 9. The van der Waals surface area contributed by atoms with Gasteiger partial charge >= 0.3 is 0 Å². The molecule has 0 bridgehead atoms. The average molecular weight is 432 g/mol. The van der Waals surface area contributed by atoms with Gasteiger partial charge in [0.05, 0.1) is 0 Å². The first-order valence-electron chi connectivity index (χ1n) is 11.4. The minimum absolute atomic E-state index is 0.992. The van der Waals surface area contributed by atoms with E-state index < -0.39 is 0 Å². The van der Waals surface area contributed by atoms with E-state index in [9.17, 15) is 0 Å². The Balaban J connectivity index is 2.01. The third kappa shape index (κ3) is 6.11. The molecule has 1 nitrogen and oxygen atoms in total. The van der Waals surface area contributed by atoms with Crippen LogP contribution in [0, 0.1) is 0 Å². The summed E-state index contributed by atoms with van der Waals surface area (Å²) in [5, 5.41) is 3.64. The van der Waals surface area contributed by atoms with Crippen molar-refractivity contribution >= 4 is 22.8 Å². The van der Waals surface area contributed by atoms with Crippen molar-refractivity contribution in [2.24, 2.45) is 0 Å². The summed E-state index contributed by atoms with van der Waals surface area (Å²) < 4.78 is 0. The maximum atomic E-state index is 4.45. The zero-order valence-corrected chi connectivity index (χ0v) is 19.9. The van der Waals surface area contributed by atoms with Gasteiger partial charge in [-0.2, -0.15) is 0 Å². The Labute approximate surface area is 199 Å². The highest BCUT2D eigenvalue weighted by atomic mass is 14.9. The molecule has 0 spiro atoms. The van der Waals surface area contributed by atoms with E-state index in [-0.39, 0.29) is 0 Å². The van der Waals surface area contributed by atoms with Gasteiger partial charge in [0.1, 0.15) is 0 Å². The monoisotopic (exact) mass is 431 g/mol. The molecule has 1 N–H and O–H groups in total. The third-order valence-electron chi connectivity index (χ3n) is 5.61. The second kappa shape index (κ2) is 11.7. The first-order chi connectivity index (χ1) is 16.0. The zero-order chi connectivity index (χ0) is 23.6. The van der Waals surface area contributed by atoms with Gasteiger partial charge in [0.25, 0.3) is 0 Å². The maximum Gasteiger partial charge on any atom is 0.0202 e. The van der Waals surface area contributed by atoms with Crippen LogP contribution in [-0.4, -0.2) is 0 Å². The summed E-state index contributed by atoms with van der Waals surface area (Å²) in [6, 6.07) is 29.3. The van der Waals surface area contributed by atoms with Crippen molar-refractivity contribution < 1.29 is 0 Å². The van der Waals surface area contributed by atoms with Crippen molar-refractivity contribution in [1.82, 2.24) is 5.32 Å². The second-order valence-corrected chi connectivity index (χ2v) is 8.01. The third-order valence-corrected chi connectivity index (χ3v) is 5.61. The lowest BCUT2D eigenvalue weighted by atomic mass is 9.92. The van der Waals surface area contributed by atoms with E-state index in [4.69, 9.17) is 0 Å². The molecule has 166 valence electrons. The highest BCUT2D eigenvalue weighted by Crippen LogP contribution is 2.32. The molecule has 3 rings (SSSR count). The number of allylic oxidation sites excluding steroid dienone is 7. The smallest absolute Gasteiger partial charge is 0.0202 e. The normalized spacial score (nSPS) is 12.7. The summed E-state index contributed by atoms with van der Waals surface area (Å²) >= 11 is 0. The fourth-order valence-electron chi connectivity index (χ4n) is 3.93. The molecule has 0 unspecified atom stereocenters. The van der Waals surface area contributed by atoms with E-state index in [0.29, 0.717) is 0 Å². The van der Waals surface area contributed by atoms with E-state index in [1.54, 1.807) is 0 Å². The van der Waals surface area contributed by atoms with Crippen LogP contribution in [-0.2, 0) is 0 Å². The Morgan fingerprint density at radius 1 is 0.758 bits per heavy atom. The van der Waals surface area contributed by atoms with Gasteiger partial charge < -0.3 is 5.32 Å². The summed E-state index contributed by atoms with van der Waals surface area (Å²) in [5.41, 5.74) is 9.86. The van der Waals surface area contributed by atoms with E-state index >= 15 is 0 Å². The number of benzene rings is 3. The lowest BCUT2D eigenvalue weighted by Crippen LogP contribution is -2.12. The van der Waals surface area contributed by atoms with E-state index in [0.717, 1.165) is 51.2 Å². The van der Waals surface area contributed by atoms with Gasteiger partial charge in [0.15, 0.2) is 0 Å². The lowest BCUT2D eigenvalue weighted by Gasteiger charge is -2.19. The van der Waals surface area contributed by atoms with Gasteiger partial charge in [0, 0.05) is 22.5 Å². The molecule has 3 aromatic carbocycles. The quantitative estimate of drug-likeness (QED) is 0.334. The van der Waals surface area contributed by atoms with Gasteiger partial charge in [-0.05, 0) is 48.1 Å². The topological polar surface area (TPSA) is 12.0 Å². The predicted molar refractivity (Wildman–Crippen MR) is 146 cm³/mol. The van der Waals surface area contributed by atoms with Gasteiger partial charge in [-0.15, -0.1) is 0 Å². The molecule has 0 aromatic heterocycles. The number of hydrogen-bond donors (Lipinski definition) is 1. The summed E-state index contributed by atoms with van der Waals surface area (Å²) in [4.78, 5) is 0. The minimum Gasteiger partial charge on any atom is -0.362 e. The Hall–Kier alpha value is -3.84. The van der Waals surface area contributed by atoms with Crippen LogP contribution in [0.2, 0.25) is 0 Å². The molecule has 0 atom stereocenters. The first kappa shape index (κ1) is 23.8. The molecule has 0 aliphatic carbocycles.